The van der Waals surface area contributed by atoms with Gasteiger partial charge in [-0.2, -0.15) is 0 Å². The second-order valence-electron chi connectivity index (χ2n) is 13.4. The van der Waals surface area contributed by atoms with E-state index in [-0.39, 0.29) is 0 Å². The molecule has 0 bridgehead atoms. The topological polar surface area (TPSA) is 48.8 Å². The molecule has 0 fully saturated rings. The smallest absolute Gasteiger partial charge is 0.236 e. The molecule has 5 heterocycles. The molecule has 236 valence electrons. The Morgan fingerprint density at radius 2 is 1.08 bits per heavy atom. The second-order valence-corrected chi connectivity index (χ2v) is 13.4. The molecule has 0 saturated heterocycles. The first-order chi connectivity index (χ1) is 25.3. The molecule has 11 aromatic rings. The summed E-state index contributed by atoms with van der Waals surface area (Å²) in [6.45, 7) is 0. The maximum atomic E-state index is 6.46. The molecule has 0 atom stereocenters. The zero-order chi connectivity index (χ0) is 33.2. The van der Waals surface area contributed by atoms with E-state index in [1.807, 2.05) is 36.4 Å². The summed E-state index contributed by atoms with van der Waals surface area (Å²) < 4.78 is 11.2. The number of hydrogen-bond acceptors (Lipinski definition) is 3. The lowest BCUT2D eigenvalue weighted by atomic mass is 9.94. The molecule has 5 heteroatoms. The Morgan fingerprint density at radius 1 is 0.431 bits per heavy atom. The molecule has 0 N–H and O–H groups in total. The molecule has 1 aliphatic rings. The van der Waals surface area contributed by atoms with E-state index in [0.717, 1.165) is 55.1 Å². The summed E-state index contributed by atoms with van der Waals surface area (Å²) in [5, 5.41) is 5.75. The van der Waals surface area contributed by atoms with E-state index >= 15 is 0 Å². The van der Waals surface area contributed by atoms with Crippen molar-refractivity contribution in [1.29, 1.82) is 0 Å². The second kappa shape index (κ2) is 9.80. The van der Waals surface area contributed by atoms with Crippen molar-refractivity contribution in [3.8, 4) is 45.1 Å². The van der Waals surface area contributed by atoms with Crippen LogP contribution in [0.4, 0.5) is 0 Å². The quantitative estimate of drug-likeness (QED) is 0.187. The Morgan fingerprint density at radius 3 is 1.96 bits per heavy atom. The first-order valence-electron chi connectivity index (χ1n) is 17.3. The zero-order valence-electron chi connectivity index (χ0n) is 27.2. The van der Waals surface area contributed by atoms with Gasteiger partial charge < -0.3 is 8.98 Å². The number of nitrogens with zero attached hydrogens (tertiary/aromatic N) is 4. The molecule has 0 spiro atoms. The molecular formula is C46H26N4O. The van der Waals surface area contributed by atoms with Gasteiger partial charge in [0.25, 0.3) is 0 Å². The fourth-order valence-corrected chi connectivity index (χ4v) is 8.53. The summed E-state index contributed by atoms with van der Waals surface area (Å²) in [6, 6.07) is 56.0. The van der Waals surface area contributed by atoms with Gasteiger partial charge in [0.15, 0.2) is 5.58 Å². The highest BCUT2D eigenvalue weighted by atomic mass is 16.3. The van der Waals surface area contributed by atoms with Gasteiger partial charge in [-0.05, 0) is 47.5 Å². The van der Waals surface area contributed by atoms with Crippen molar-refractivity contribution in [3.63, 3.8) is 0 Å². The van der Waals surface area contributed by atoms with Crippen LogP contribution >= 0.6 is 0 Å². The van der Waals surface area contributed by atoms with Crippen LogP contribution in [-0.2, 0) is 0 Å². The molecule has 12 rings (SSSR count). The molecule has 1 aliphatic heterocycles. The van der Waals surface area contributed by atoms with Gasteiger partial charge in [-0.1, -0.05) is 121 Å². The van der Waals surface area contributed by atoms with Gasteiger partial charge in [-0.3, -0.25) is 4.57 Å². The van der Waals surface area contributed by atoms with Crippen LogP contribution in [0.5, 0.6) is 0 Å². The summed E-state index contributed by atoms with van der Waals surface area (Å²) >= 11 is 0. The van der Waals surface area contributed by atoms with Crippen LogP contribution in [0.1, 0.15) is 0 Å². The first-order valence-corrected chi connectivity index (χ1v) is 17.3. The molecular weight excluding hydrogens is 625 g/mol. The van der Waals surface area contributed by atoms with Gasteiger partial charge in [0, 0.05) is 43.6 Å². The third kappa shape index (κ3) is 3.54. The highest BCUT2D eigenvalue weighted by molar-refractivity contribution is 6.22. The lowest BCUT2D eigenvalue weighted by molar-refractivity contribution is 0.666. The van der Waals surface area contributed by atoms with Crippen molar-refractivity contribution < 1.29 is 4.42 Å². The molecule has 0 aliphatic carbocycles. The Kier molecular flexibility index (Phi) is 5.17. The van der Waals surface area contributed by atoms with Crippen molar-refractivity contribution in [2.75, 3.05) is 0 Å². The fraction of sp³-hybridized carbons (Fsp3) is 0. The van der Waals surface area contributed by atoms with E-state index < -0.39 is 0 Å². The monoisotopic (exact) mass is 650 g/mol. The van der Waals surface area contributed by atoms with Crippen molar-refractivity contribution >= 4 is 65.7 Å². The maximum Gasteiger partial charge on any atom is 0.236 e. The van der Waals surface area contributed by atoms with E-state index in [1.165, 1.54) is 44.2 Å². The van der Waals surface area contributed by atoms with Crippen molar-refractivity contribution in [1.82, 2.24) is 19.1 Å². The number of furan rings is 1. The molecule has 5 nitrogen and oxygen atoms in total. The Balaban J connectivity index is 1.25. The van der Waals surface area contributed by atoms with Gasteiger partial charge in [0.1, 0.15) is 16.8 Å². The normalized spacial score (nSPS) is 12.3. The molecule has 7 aromatic carbocycles. The number of aromatic nitrogens is 4. The SMILES string of the molecule is c1ccc(-c2nc(-n3c4ccccc4c4cc5c6cccc7c6n(c5cc43)-c3ccccc3-c3ccccc3-7)nc3c2oc2ccccc23)cc1. The molecule has 0 saturated carbocycles. The van der Waals surface area contributed by atoms with Crippen LogP contribution in [0.25, 0.3) is 111 Å². The van der Waals surface area contributed by atoms with E-state index in [0.29, 0.717) is 11.5 Å². The summed E-state index contributed by atoms with van der Waals surface area (Å²) in [5.41, 5.74) is 14.6. The van der Waals surface area contributed by atoms with Crippen molar-refractivity contribution in [2.45, 2.75) is 0 Å². The average molecular weight is 651 g/mol. The third-order valence-corrected chi connectivity index (χ3v) is 10.7. The fourth-order valence-electron chi connectivity index (χ4n) is 8.53. The highest BCUT2D eigenvalue weighted by Crippen LogP contribution is 2.48. The number of benzene rings is 7. The third-order valence-electron chi connectivity index (χ3n) is 10.7. The number of fused-ring (bicyclic) bond motifs is 14. The summed E-state index contributed by atoms with van der Waals surface area (Å²) in [5.74, 6) is 0.610. The lowest BCUT2D eigenvalue weighted by Crippen LogP contribution is -2.03. The van der Waals surface area contributed by atoms with E-state index in [4.69, 9.17) is 14.4 Å². The molecule has 0 radical (unpaired) electrons. The minimum atomic E-state index is 0.610. The van der Waals surface area contributed by atoms with Crippen LogP contribution in [0.2, 0.25) is 0 Å². The van der Waals surface area contributed by atoms with Gasteiger partial charge >= 0.3 is 0 Å². The summed E-state index contributed by atoms with van der Waals surface area (Å²) in [7, 11) is 0. The standard InChI is InChI=1S/C46H26N4O/c1-2-13-27(14-3-1)42-45-43(34-19-8-11-24-41(34)51-45)48-46(47-42)50-38-23-10-7-18-31(38)35-25-36-33-21-12-20-32-29-16-5-4-15-28(29)30-17-6-9-22-37(30)49(44(32)33)39(36)26-40(35)50/h1-26H. The van der Waals surface area contributed by atoms with E-state index in [9.17, 15) is 0 Å². The Labute approximate surface area is 291 Å². The van der Waals surface area contributed by atoms with E-state index in [1.54, 1.807) is 0 Å². The molecule has 0 amide bonds. The summed E-state index contributed by atoms with van der Waals surface area (Å²) in [4.78, 5) is 10.6. The maximum absolute atomic E-state index is 6.46. The van der Waals surface area contributed by atoms with Crippen molar-refractivity contribution in [2.24, 2.45) is 0 Å². The van der Waals surface area contributed by atoms with Gasteiger partial charge in [-0.15, -0.1) is 0 Å². The lowest BCUT2D eigenvalue weighted by Gasteiger charge is -2.13. The number of rotatable bonds is 2. The van der Waals surface area contributed by atoms with Crippen molar-refractivity contribution in [3.05, 3.63) is 158 Å². The Hall–Kier alpha value is -6.98. The largest absolute Gasteiger partial charge is 0.452 e. The van der Waals surface area contributed by atoms with Gasteiger partial charge in [0.05, 0.1) is 27.8 Å². The number of para-hydroxylation sites is 4. The Bertz CT molecular complexity index is 3250. The minimum Gasteiger partial charge on any atom is -0.452 e. The van der Waals surface area contributed by atoms with Crippen LogP contribution in [-0.4, -0.2) is 19.1 Å². The van der Waals surface area contributed by atoms with Crippen LogP contribution in [0.15, 0.2) is 162 Å². The van der Waals surface area contributed by atoms with Gasteiger partial charge in [-0.25, -0.2) is 9.97 Å². The predicted octanol–water partition coefficient (Wildman–Crippen LogP) is 11.9. The molecule has 4 aromatic heterocycles. The summed E-state index contributed by atoms with van der Waals surface area (Å²) in [6.07, 6.45) is 0. The number of hydrogen-bond donors (Lipinski definition) is 0. The molecule has 51 heavy (non-hydrogen) atoms. The highest BCUT2D eigenvalue weighted by Gasteiger charge is 2.26. The van der Waals surface area contributed by atoms with Crippen LogP contribution in [0, 0.1) is 0 Å². The van der Waals surface area contributed by atoms with Crippen LogP contribution in [0.3, 0.4) is 0 Å². The first kappa shape index (κ1) is 26.9. The molecule has 0 unspecified atom stereocenters. The van der Waals surface area contributed by atoms with E-state index in [2.05, 4.69) is 130 Å². The average Bonchev–Trinajstić information content (AvgIpc) is 3.81. The minimum absolute atomic E-state index is 0.610. The van der Waals surface area contributed by atoms with Gasteiger partial charge in [0.2, 0.25) is 5.95 Å². The zero-order valence-corrected chi connectivity index (χ0v) is 27.2. The van der Waals surface area contributed by atoms with Crippen LogP contribution < -0.4 is 0 Å². The predicted molar refractivity (Wildman–Crippen MR) is 208 cm³/mol.